The van der Waals surface area contributed by atoms with Gasteiger partial charge < -0.3 is 19.7 Å². The van der Waals surface area contributed by atoms with Crippen LogP contribution in [0.4, 0.5) is 9.59 Å². The molecule has 2 amide bonds. The van der Waals surface area contributed by atoms with Crippen LogP contribution in [0.5, 0.6) is 0 Å². The third-order valence-corrected chi connectivity index (χ3v) is 6.92. The Bertz CT molecular complexity index is 1140. The van der Waals surface area contributed by atoms with Crippen LogP contribution in [-0.4, -0.2) is 67.4 Å². The molecule has 10 nitrogen and oxygen atoms in total. The van der Waals surface area contributed by atoms with Crippen LogP contribution in [0.2, 0.25) is 0 Å². The highest BCUT2D eigenvalue weighted by Gasteiger charge is 2.44. The minimum Gasteiger partial charge on any atom is -0.480 e. The van der Waals surface area contributed by atoms with Crippen LogP contribution >= 0.6 is 0 Å². The Kier molecular flexibility index (Phi) is 10.2. The number of rotatable bonds is 4. The van der Waals surface area contributed by atoms with Gasteiger partial charge >= 0.3 is 24.1 Å². The van der Waals surface area contributed by atoms with Crippen molar-refractivity contribution >= 4 is 24.1 Å². The molecule has 0 bridgehead atoms. The van der Waals surface area contributed by atoms with E-state index in [1.807, 2.05) is 60.7 Å². The topological polar surface area (TPSA) is 134 Å². The van der Waals surface area contributed by atoms with E-state index in [9.17, 15) is 29.4 Å². The Morgan fingerprint density at radius 2 is 0.905 bits per heavy atom. The van der Waals surface area contributed by atoms with E-state index in [1.54, 1.807) is 41.5 Å². The maximum absolute atomic E-state index is 12.4. The van der Waals surface area contributed by atoms with Gasteiger partial charge in [-0.05, 0) is 78.4 Å². The van der Waals surface area contributed by atoms with Gasteiger partial charge in [0.2, 0.25) is 0 Å². The van der Waals surface area contributed by atoms with Crippen molar-refractivity contribution in [3.05, 3.63) is 71.8 Å². The fraction of sp³-hybridized carbons (Fsp3) is 0.500. The van der Waals surface area contributed by atoms with Crippen LogP contribution in [0.1, 0.15) is 90.4 Å². The fourth-order valence-corrected chi connectivity index (χ4v) is 5.25. The number of aliphatic carboxylic acids is 2. The first kappa shape index (κ1) is 32.4. The zero-order chi connectivity index (χ0) is 31.2. The van der Waals surface area contributed by atoms with E-state index >= 15 is 0 Å². The summed E-state index contributed by atoms with van der Waals surface area (Å²) in [7, 11) is 0. The number of amides is 2. The Labute approximate surface area is 247 Å². The number of benzene rings is 2. The summed E-state index contributed by atoms with van der Waals surface area (Å²) in [6, 6.07) is 16.8. The standard InChI is InChI=1S/2C16H21NO4/c2*1-16(2,3)21-15(20)17-12(9-10-13(17)14(18)19)11-7-5-4-6-8-11/h2*4-8,12-13H,9-10H2,1-3H3,(H,18,19)/t2*12-,13+/m10/s1. The molecule has 42 heavy (non-hydrogen) atoms. The lowest BCUT2D eigenvalue weighted by Gasteiger charge is -2.31. The number of nitrogens with zero attached hydrogens (tertiary/aromatic N) is 2. The average Bonchev–Trinajstić information content (AvgIpc) is 3.54. The summed E-state index contributed by atoms with van der Waals surface area (Å²) >= 11 is 0. The molecule has 0 radical (unpaired) electrons. The summed E-state index contributed by atoms with van der Waals surface area (Å²) < 4.78 is 10.8. The summed E-state index contributed by atoms with van der Waals surface area (Å²) in [5, 5.41) is 18.7. The van der Waals surface area contributed by atoms with Gasteiger partial charge in [0.1, 0.15) is 23.3 Å². The monoisotopic (exact) mass is 582 g/mol. The van der Waals surface area contributed by atoms with Crippen LogP contribution in [0, 0.1) is 0 Å². The van der Waals surface area contributed by atoms with E-state index in [0.717, 1.165) is 11.1 Å². The summed E-state index contributed by atoms with van der Waals surface area (Å²) in [6.07, 6.45) is 0.991. The number of hydrogen-bond acceptors (Lipinski definition) is 6. The highest BCUT2D eigenvalue weighted by atomic mass is 16.6. The van der Waals surface area contributed by atoms with Crippen molar-refractivity contribution in [3.63, 3.8) is 0 Å². The van der Waals surface area contributed by atoms with Crippen LogP contribution in [0.25, 0.3) is 0 Å². The Hall–Kier alpha value is -4.08. The average molecular weight is 583 g/mol. The van der Waals surface area contributed by atoms with Gasteiger partial charge in [-0.3, -0.25) is 9.80 Å². The van der Waals surface area contributed by atoms with Crippen LogP contribution in [0.3, 0.4) is 0 Å². The van der Waals surface area contributed by atoms with Gasteiger partial charge in [-0.1, -0.05) is 60.7 Å². The van der Waals surface area contributed by atoms with E-state index < -0.39 is 47.4 Å². The third kappa shape index (κ3) is 8.47. The van der Waals surface area contributed by atoms with E-state index in [-0.39, 0.29) is 12.1 Å². The van der Waals surface area contributed by atoms with Crippen molar-refractivity contribution in [2.45, 2.75) is 103 Å². The zero-order valence-electron chi connectivity index (χ0n) is 25.1. The normalized spacial score (nSPS) is 22.1. The van der Waals surface area contributed by atoms with E-state index in [4.69, 9.17) is 9.47 Å². The largest absolute Gasteiger partial charge is 0.480 e. The number of carboxylic acids is 2. The Morgan fingerprint density at radius 1 is 0.595 bits per heavy atom. The summed E-state index contributed by atoms with van der Waals surface area (Å²) in [6.45, 7) is 10.6. The molecule has 4 atom stereocenters. The molecule has 2 aromatic carbocycles. The highest BCUT2D eigenvalue weighted by Crippen LogP contribution is 2.38. The van der Waals surface area contributed by atoms with Crippen LogP contribution < -0.4 is 0 Å². The van der Waals surface area contributed by atoms with Crippen molar-refractivity contribution < 1.29 is 38.9 Å². The van der Waals surface area contributed by atoms with E-state index in [2.05, 4.69) is 0 Å². The molecule has 2 fully saturated rings. The van der Waals surface area contributed by atoms with Gasteiger partial charge in [0, 0.05) is 0 Å². The van der Waals surface area contributed by atoms with Crippen molar-refractivity contribution in [2.75, 3.05) is 0 Å². The lowest BCUT2D eigenvalue weighted by atomic mass is 10.1. The van der Waals surface area contributed by atoms with Crippen LogP contribution in [0.15, 0.2) is 60.7 Å². The maximum Gasteiger partial charge on any atom is 0.411 e. The van der Waals surface area contributed by atoms with Crippen molar-refractivity contribution in [1.82, 2.24) is 9.80 Å². The Morgan fingerprint density at radius 3 is 1.17 bits per heavy atom. The first-order valence-electron chi connectivity index (χ1n) is 14.2. The minimum atomic E-state index is -0.987. The van der Waals surface area contributed by atoms with Gasteiger partial charge in [-0.25, -0.2) is 19.2 Å². The molecular formula is C32H42N2O8. The number of carboxylic acid groups (broad SMARTS) is 2. The molecule has 2 aliphatic heterocycles. The van der Waals surface area contributed by atoms with Crippen molar-refractivity contribution in [1.29, 1.82) is 0 Å². The van der Waals surface area contributed by atoms with E-state index in [0.29, 0.717) is 25.7 Å². The second kappa shape index (κ2) is 13.3. The number of ether oxygens (including phenoxy) is 2. The molecule has 4 rings (SSSR count). The molecule has 0 unspecified atom stereocenters. The van der Waals surface area contributed by atoms with Gasteiger partial charge in [0.15, 0.2) is 0 Å². The maximum atomic E-state index is 12.4. The summed E-state index contributed by atoms with van der Waals surface area (Å²) in [4.78, 5) is 50.3. The fourth-order valence-electron chi connectivity index (χ4n) is 5.25. The minimum absolute atomic E-state index is 0.248. The van der Waals surface area contributed by atoms with Gasteiger partial charge in [0.05, 0.1) is 12.1 Å². The highest BCUT2D eigenvalue weighted by molar-refractivity contribution is 5.82. The number of likely N-dealkylation sites (tertiary alicyclic amines) is 2. The second-order valence-corrected chi connectivity index (χ2v) is 12.5. The smallest absolute Gasteiger partial charge is 0.411 e. The summed E-state index contributed by atoms with van der Waals surface area (Å²) in [5.41, 5.74) is 0.577. The molecule has 228 valence electrons. The summed E-state index contributed by atoms with van der Waals surface area (Å²) in [5.74, 6) is -1.97. The molecule has 2 aromatic rings. The molecule has 2 saturated heterocycles. The quantitative estimate of drug-likeness (QED) is 0.422. The van der Waals surface area contributed by atoms with Gasteiger partial charge in [-0.15, -0.1) is 0 Å². The molecular weight excluding hydrogens is 540 g/mol. The second-order valence-electron chi connectivity index (χ2n) is 12.5. The molecule has 0 saturated carbocycles. The van der Waals surface area contributed by atoms with Crippen molar-refractivity contribution in [2.24, 2.45) is 0 Å². The SMILES string of the molecule is CC(C)(C)OC(=O)N1[C@@H](C(=O)O)CC[C@H]1c1ccccc1.CC(C)(C)OC(=O)N1[C@@H](c2ccccc2)CC[C@H]1C(=O)O. The first-order valence-corrected chi connectivity index (χ1v) is 14.2. The predicted octanol–water partition coefficient (Wildman–Crippen LogP) is 6.42. The van der Waals surface area contributed by atoms with E-state index in [1.165, 1.54) is 9.80 Å². The molecule has 2 heterocycles. The van der Waals surface area contributed by atoms with Gasteiger partial charge in [0.25, 0.3) is 0 Å². The van der Waals surface area contributed by atoms with Crippen LogP contribution in [-0.2, 0) is 19.1 Å². The molecule has 2 N–H and O–H groups in total. The predicted molar refractivity (Wildman–Crippen MR) is 156 cm³/mol. The molecule has 2 aliphatic rings. The number of carbonyl (C=O) groups is 4. The number of hydrogen-bond donors (Lipinski definition) is 2. The zero-order valence-corrected chi connectivity index (χ0v) is 25.1. The molecule has 0 aliphatic carbocycles. The van der Waals surface area contributed by atoms with Gasteiger partial charge in [-0.2, -0.15) is 0 Å². The lowest BCUT2D eigenvalue weighted by Crippen LogP contribution is -2.44. The Balaban J connectivity index is 0.000000230. The van der Waals surface area contributed by atoms with Crippen molar-refractivity contribution in [3.8, 4) is 0 Å². The molecule has 0 aromatic heterocycles. The lowest BCUT2D eigenvalue weighted by molar-refractivity contribution is -0.143. The molecule has 10 heteroatoms. The number of carbonyl (C=O) groups excluding carboxylic acids is 2. The molecule has 0 spiro atoms. The third-order valence-electron chi connectivity index (χ3n) is 6.92. The first-order chi connectivity index (χ1) is 19.6.